The third kappa shape index (κ3) is 4.39. The summed E-state index contributed by atoms with van der Waals surface area (Å²) >= 11 is 0. The molecule has 0 bridgehead atoms. The first-order chi connectivity index (χ1) is 17.5. The Morgan fingerprint density at radius 1 is 0.889 bits per heavy atom. The molecule has 5 rings (SSSR count). The largest absolute Gasteiger partial charge is 0.488 e. The molecule has 0 spiro atoms. The minimum Gasteiger partial charge on any atom is -0.488 e. The van der Waals surface area contributed by atoms with Gasteiger partial charge < -0.3 is 9.47 Å². The molecule has 1 atom stereocenters. The SMILES string of the molecule is O=C(c1ccccc1)N1C(=O)c2ccccc2O[C@@H]1c1ccccc1OCc1ccc([N+](=O)[O-])cc1. The van der Waals surface area contributed by atoms with E-state index in [0.717, 1.165) is 10.5 Å². The van der Waals surface area contributed by atoms with Gasteiger partial charge in [0.05, 0.1) is 16.1 Å². The van der Waals surface area contributed by atoms with Crippen molar-refractivity contribution < 1.29 is 24.0 Å². The fraction of sp³-hybridized carbons (Fsp3) is 0.0714. The van der Waals surface area contributed by atoms with Crippen LogP contribution < -0.4 is 9.47 Å². The van der Waals surface area contributed by atoms with Gasteiger partial charge in [0.25, 0.3) is 17.5 Å². The van der Waals surface area contributed by atoms with E-state index in [1.807, 2.05) is 0 Å². The number of para-hydroxylation sites is 2. The number of benzene rings is 4. The quantitative estimate of drug-likeness (QED) is 0.204. The van der Waals surface area contributed by atoms with Gasteiger partial charge >= 0.3 is 0 Å². The van der Waals surface area contributed by atoms with E-state index in [1.165, 1.54) is 12.1 Å². The van der Waals surface area contributed by atoms with E-state index < -0.39 is 23.0 Å². The second-order valence-electron chi connectivity index (χ2n) is 8.06. The highest BCUT2D eigenvalue weighted by molar-refractivity contribution is 6.12. The number of amides is 2. The van der Waals surface area contributed by atoms with Crippen molar-refractivity contribution in [3.05, 3.63) is 135 Å². The maximum absolute atomic E-state index is 13.5. The van der Waals surface area contributed by atoms with Crippen LogP contribution in [-0.4, -0.2) is 21.6 Å². The third-order valence-corrected chi connectivity index (χ3v) is 5.78. The summed E-state index contributed by atoms with van der Waals surface area (Å²) in [6, 6.07) is 28.4. The van der Waals surface area contributed by atoms with Gasteiger partial charge in [0, 0.05) is 17.7 Å². The number of nitro benzene ring substituents is 1. The van der Waals surface area contributed by atoms with E-state index >= 15 is 0 Å². The zero-order valence-corrected chi connectivity index (χ0v) is 18.9. The van der Waals surface area contributed by atoms with Crippen LogP contribution in [0, 0.1) is 10.1 Å². The molecule has 0 fully saturated rings. The van der Waals surface area contributed by atoms with Crippen LogP contribution in [-0.2, 0) is 6.61 Å². The van der Waals surface area contributed by atoms with Gasteiger partial charge in [-0.3, -0.25) is 19.7 Å². The fourth-order valence-electron chi connectivity index (χ4n) is 3.97. The smallest absolute Gasteiger partial charge is 0.269 e. The van der Waals surface area contributed by atoms with Gasteiger partial charge in [0.2, 0.25) is 6.23 Å². The summed E-state index contributed by atoms with van der Waals surface area (Å²) in [6.45, 7) is 0.124. The van der Waals surface area contributed by atoms with Gasteiger partial charge in [-0.05, 0) is 54.1 Å². The number of nitrogens with zero attached hydrogens (tertiary/aromatic N) is 2. The molecule has 1 aliphatic rings. The maximum atomic E-state index is 13.5. The van der Waals surface area contributed by atoms with Crippen LogP contribution >= 0.6 is 0 Å². The zero-order chi connectivity index (χ0) is 25.1. The lowest BCUT2D eigenvalue weighted by Gasteiger charge is -2.36. The van der Waals surface area contributed by atoms with Crippen molar-refractivity contribution in [2.24, 2.45) is 0 Å². The van der Waals surface area contributed by atoms with Gasteiger partial charge in [-0.2, -0.15) is 0 Å². The molecule has 0 N–H and O–H groups in total. The lowest BCUT2D eigenvalue weighted by Crippen LogP contribution is -2.45. The van der Waals surface area contributed by atoms with E-state index in [-0.39, 0.29) is 12.3 Å². The Morgan fingerprint density at radius 3 is 2.31 bits per heavy atom. The van der Waals surface area contributed by atoms with E-state index in [0.29, 0.717) is 28.2 Å². The van der Waals surface area contributed by atoms with Gasteiger partial charge in [0.1, 0.15) is 18.1 Å². The Hall–Kier alpha value is -4.98. The molecular formula is C28H20N2O6. The predicted molar refractivity (Wildman–Crippen MR) is 131 cm³/mol. The number of imide groups is 1. The molecular weight excluding hydrogens is 460 g/mol. The molecule has 8 nitrogen and oxygen atoms in total. The number of rotatable bonds is 6. The Kier molecular flexibility index (Phi) is 6.15. The highest BCUT2D eigenvalue weighted by Crippen LogP contribution is 2.39. The molecule has 4 aromatic rings. The second kappa shape index (κ2) is 9.71. The summed E-state index contributed by atoms with van der Waals surface area (Å²) in [5.74, 6) is -0.181. The number of ether oxygens (including phenoxy) is 2. The minimum absolute atomic E-state index is 0.0120. The molecule has 4 aromatic carbocycles. The van der Waals surface area contributed by atoms with Crippen LogP contribution in [0.1, 0.15) is 38.1 Å². The lowest BCUT2D eigenvalue weighted by atomic mass is 10.0. The number of carbonyl (C=O) groups is 2. The molecule has 0 saturated carbocycles. The first-order valence-corrected chi connectivity index (χ1v) is 11.2. The van der Waals surface area contributed by atoms with Crippen LogP contribution in [0.4, 0.5) is 5.69 Å². The molecule has 8 heteroatoms. The number of fused-ring (bicyclic) bond motifs is 1. The van der Waals surface area contributed by atoms with Gasteiger partial charge in [-0.1, -0.05) is 42.5 Å². The first-order valence-electron chi connectivity index (χ1n) is 11.2. The summed E-state index contributed by atoms with van der Waals surface area (Å²) in [5.41, 5.74) is 1.84. The average molecular weight is 480 g/mol. The van der Waals surface area contributed by atoms with Crippen LogP contribution in [0.2, 0.25) is 0 Å². The molecule has 0 radical (unpaired) electrons. The van der Waals surface area contributed by atoms with Crippen molar-refractivity contribution in [3.63, 3.8) is 0 Å². The Labute approximate surface area is 206 Å². The fourth-order valence-corrected chi connectivity index (χ4v) is 3.97. The molecule has 36 heavy (non-hydrogen) atoms. The van der Waals surface area contributed by atoms with E-state index in [2.05, 4.69) is 0 Å². The summed E-state index contributed by atoms with van der Waals surface area (Å²) in [4.78, 5) is 38.6. The standard InChI is InChI=1S/C28H20N2O6/c31-26(20-8-2-1-3-9-20)29-27(32)22-10-4-7-13-25(22)36-28(29)23-11-5-6-12-24(23)35-18-19-14-16-21(17-15-19)30(33)34/h1-17,28H,18H2/t28-/m1/s1. The maximum Gasteiger partial charge on any atom is 0.269 e. The summed E-state index contributed by atoms with van der Waals surface area (Å²) in [7, 11) is 0. The van der Waals surface area contributed by atoms with Crippen molar-refractivity contribution >= 4 is 17.5 Å². The summed E-state index contributed by atoms with van der Waals surface area (Å²) in [5, 5.41) is 10.9. The Bertz CT molecular complexity index is 1440. The van der Waals surface area contributed by atoms with Crippen molar-refractivity contribution in [1.29, 1.82) is 0 Å². The van der Waals surface area contributed by atoms with Crippen LogP contribution in [0.5, 0.6) is 11.5 Å². The molecule has 178 valence electrons. The average Bonchev–Trinajstić information content (AvgIpc) is 2.92. The summed E-state index contributed by atoms with van der Waals surface area (Å²) in [6.07, 6.45) is -1.06. The first kappa shape index (κ1) is 22.8. The topological polar surface area (TPSA) is 99.0 Å². The molecule has 0 aromatic heterocycles. The Balaban J connectivity index is 1.50. The van der Waals surface area contributed by atoms with Crippen molar-refractivity contribution in [1.82, 2.24) is 4.90 Å². The number of non-ortho nitro benzene ring substituents is 1. The third-order valence-electron chi connectivity index (χ3n) is 5.78. The van der Waals surface area contributed by atoms with E-state index in [4.69, 9.17) is 9.47 Å². The van der Waals surface area contributed by atoms with Gasteiger partial charge in [-0.15, -0.1) is 0 Å². The van der Waals surface area contributed by atoms with Crippen LogP contribution in [0.3, 0.4) is 0 Å². The monoisotopic (exact) mass is 480 g/mol. The highest BCUT2D eigenvalue weighted by Gasteiger charge is 2.40. The number of carbonyl (C=O) groups excluding carboxylic acids is 2. The van der Waals surface area contributed by atoms with E-state index in [1.54, 1.807) is 91.0 Å². The highest BCUT2D eigenvalue weighted by atomic mass is 16.6. The molecule has 1 aliphatic heterocycles. The second-order valence-corrected chi connectivity index (χ2v) is 8.06. The normalized spacial score (nSPS) is 14.5. The van der Waals surface area contributed by atoms with Gasteiger partial charge in [0.15, 0.2) is 0 Å². The number of nitro groups is 1. The van der Waals surface area contributed by atoms with E-state index in [9.17, 15) is 19.7 Å². The zero-order valence-electron chi connectivity index (χ0n) is 18.9. The van der Waals surface area contributed by atoms with Crippen molar-refractivity contribution in [2.45, 2.75) is 12.8 Å². The molecule has 2 amide bonds. The van der Waals surface area contributed by atoms with Crippen LogP contribution in [0.25, 0.3) is 0 Å². The molecule has 0 aliphatic carbocycles. The van der Waals surface area contributed by atoms with Gasteiger partial charge in [-0.25, -0.2) is 4.90 Å². The van der Waals surface area contributed by atoms with Crippen molar-refractivity contribution in [2.75, 3.05) is 0 Å². The molecule has 1 heterocycles. The Morgan fingerprint density at radius 2 is 1.56 bits per heavy atom. The number of hydrogen-bond donors (Lipinski definition) is 0. The van der Waals surface area contributed by atoms with Crippen molar-refractivity contribution in [3.8, 4) is 11.5 Å². The minimum atomic E-state index is -1.06. The lowest BCUT2D eigenvalue weighted by molar-refractivity contribution is -0.384. The van der Waals surface area contributed by atoms with Crippen LogP contribution in [0.15, 0.2) is 103 Å². The molecule has 0 saturated heterocycles. The summed E-state index contributed by atoms with van der Waals surface area (Å²) < 4.78 is 12.2. The molecule has 0 unspecified atom stereocenters. The number of hydrogen-bond acceptors (Lipinski definition) is 6. The predicted octanol–water partition coefficient (Wildman–Crippen LogP) is 5.55.